The summed E-state index contributed by atoms with van der Waals surface area (Å²) >= 11 is 0. The highest BCUT2D eigenvalue weighted by atomic mass is 16.5. The number of nitrogens with one attached hydrogen (secondary N) is 2. The Labute approximate surface area is 154 Å². The van der Waals surface area contributed by atoms with Crippen molar-refractivity contribution in [2.75, 3.05) is 19.7 Å². The molecule has 1 spiro atoms. The van der Waals surface area contributed by atoms with Gasteiger partial charge in [-0.25, -0.2) is 4.79 Å². The molecule has 1 heterocycles. The fourth-order valence-electron chi connectivity index (χ4n) is 3.61. The van der Waals surface area contributed by atoms with E-state index in [1.165, 1.54) is 0 Å². The maximum Gasteiger partial charge on any atom is 0.326 e. The molecule has 146 valence electrons. The Morgan fingerprint density at radius 1 is 1.31 bits per heavy atom. The molecule has 2 aliphatic rings. The number of hydrogen-bond acceptors (Lipinski definition) is 5. The van der Waals surface area contributed by atoms with E-state index in [2.05, 4.69) is 17.6 Å². The summed E-state index contributed by atoms with van der Waals surface area (Å²) in [7, 11) is 0. The Hall–Kier alpha value is -2.12. The third kappa shape index (κ3) is 4.53. The highest BCUT2D eigenvalue weighted by Crippen LogP contribution is 2.38. The first kappa shape index (κ1) is 20.2. The minimum atomic E-state index is -0.897. The predicted molar refractivity (Wildman–Crippen MR) is 94.1 cm³/mol. The molecule has 0 aromatic heterocycles. The first-order valence-electron chi connectivity index (χ1n) is 9.47. The van der Waals surface area contributed by atoms with Crippen molar-refractivity contribution >= 4 is 23.8 Å². The largest absolute Gasteiger partial charge is 0.454 e. The summed E-state index contributed by atoms with van der Waals surface area (Å²) < 4.78 is 4.90. The topological polar surface area (TPSA) is 105 Å². The molecule has 2 fully saturated rings. The van der Waals surface area contributed by atoms with Gasteiger partial charge < -0.3 is 15.4 Å². The number of urea groups is 1. The first-order chi connectivity index (χ1) is 12.4. The van der Waals surface area contributed by atoms with Crippen LogP contribution in [-0.4, -0.2) is 54.0 Å². The molecule has 0 unspecified atom stereocenters. The van der Waals surface area contributed by atoms with Gasteiger partial charge in [-0.05, 0) is 25.2 Å². The predicted octanol–water partition coefficient (Wildman–Crippen LogP) is 1.34. The summed E-state index contributed by atoms with van der Waals surface area (Å²) in [5.74, 6) is -1.49. The Bertz CT molecular complexity index is 565. The quantitative estimate of drug-likeness (QED) is 0.383. The maximum atomic E-state index is 12.7. The lowest BCUT2D eigenvalue weighted by Gasteiger charge is -2.36. The van der Waals surface area contributed by atoms with E-state index in [0.717, 1.165) is 43.4 Å². The number of hydrogen-bond donors (Lipinski definition) is 2. The molecule has 8 heteroatoms. The summed E-state index contributed by atoms with van der Waals surface area (Å²) in [5, 5.41) is 5.44. The van der Waals surface area contributed by atoms with E-state index in [1.807, 2.05) is 6.92 Å². The van der Waals surface area contributed by atoms with Crippen LogP contribution in [0.5, 0.6) is 0 Å². The number of amides is 4. The third-order valence-electron chi connectivity index (χ3n) is 5.26. The lowest BCUT2D eigenvalue weighted by molar-refractivity contribution is -0.151. The molecule has 0 radical (unpaired) electrons. The fourth-order valence-corrected chi connectivity index (χ4v) is 3.61. The number of nitrogens with zero attached hydrogens (tertiary/aromatic N) is 1. The minimum Gasteiger partial charge on any atom is -0.454 e. The summed E-state index contributed by atoms with van der Waals surface area (Å²) in [6.45, 7) is 3.68. The summed E-state index contributed by atoms with van der Waals surface area (Å²) in [4.78, 5) is 49.4. The van der Waals surface area contributed by atoms with Crippen molar-refractivity contribution in [3.8, 4) is 0 Å². The van der Waals surface area contributed by atoms with Gasteiger partial charge in [0, 0.05) is 6.54 Å². The average Bonchev–Trinajstić information content (AvgIpc) is 2.84. The number of rotatable bonds is 8. The molecule has 0 aromatic rings. The van der Waals surface area contributed by atoms with Gasteiger partial charge in [0.1, 0.15) is 12.1 Å². The SMILES string of the molecule is CCCCCNC(=O)COC(=O)CN1C(=O)N[C@@]2(CCCC[C@H]2C)C1=O. The molecule has 26 heavy (non-hydrogen) atoms. The molecule has 0 bridgehead atoms. The fraction of sp³-hybridized carbons (Fsp3) is 0.778. The molecule has 1 saturated heterocycles. The Morgan fingerprint density at radius 2 is 2.08 bits per heavy atom. The van der Waals surface area contributed by atoms with Gasteiger partial charge in [-0.1, -0.05) is 39.5 Å². The van der Waals surface area contributed by atoms with Gasteiger partial charge in [0.25, 0.3) is 11.8 Å². The minimum absolute atomic E-state index is 0.0302. The van der Waals surface area contributed by atoms with Crippen molar-refractivity contribution in [3.63, 3.8) is 0 Å². The molecular weight excluding hydrogens is 338 g/mol. The highest BCUT2D eigenvalue weighted by molar-refractivity contribution is 6.09. The van der Waals surface area contributed by atoms with E-state index in [9.17, 15) is 19.2 Å². The van der Waals surface area contributed by atoms with Gasteiger partial charge in [0.2, 0.25) is 0 Å². The molecule has 2 atom stereocenters. The highest BCUT2D eigenvalue weighted by Gasteiger charge is 2.55. The van der Waals surface area contributed by atoms with Crippen molar-refractivity contribution in [2.24, 2.45) is 5.92 Å². The van der Waals surface area contributed by atoms with Crippen molar-refractivity contribution in [3.05, 3.63) is 0 Å². The molecule has 1 aliphatic carbocycles. The molecule has 2 N–H and O–H groups in total. The second-order valence-electron chi connectivity index (χ2n) is 7.16. The lowest BCUT2D eigenvalue weighted by atomic mass is 9.73. The van der Waals surface area contributed by atoms with Crippen LogP contribution in [0.3, 0.4) is 0 Å². The standard InChI is InChI=1S/C18H29N3O5/c1-3-4-7-10-19-14(22)12-26-15(23)11-21-16(24)18(20-17(21)25)9-6-5-8-13(18)2/h13H,3-12H2,1-2H3,(H,19,22)(H,20,25)/t13-,18-/m1/s1. The Kier molecular flexibility index (Phi) is 6.99. The lowest BCUT2D eigenvalue weighted by Crippen LogP contribution is -2.54. The molecule has 4 amide bonds. The number of ether oxygens (including phenoxy) is 1. The van der Waals surface area contributed by atoms with Crippen molar-refractivity contribution in [2.45, 2.75) is 64.3 Å². The van der Waals surface area contributed by atoms with E-state index < -0.39 is 30.7 Å². The first-order valence-corrected chi connectivity index (χ1v) is 9.47. The maximum absolute atomic E-state index is 12.7. The second-order valence-corrected chi connectivity index (χ2v) is 7.16. The smallest absolute Gasteiger partial charge is 0.326 e. The summed E-state index contributed by atoms with van der Waals surface area (Å²) in [5.41, 5.74) is -0.897. The van der Waals surface area contributed by atoms with Gasteiger partial charge in [-0.2, -0.15) is 0 Å². The zero-order valence-corrected chi connectivity index (χ0v) is 15.6. The van der Waals surface area contributed by atoms with E-state index in [4.69, 9.17) is 4.74 Å². The van der Waals surface area contributed by atoms with Crippen LogP contribution in [0.25, 0.3) is 0 Å². The number of unbranched alkanes of at least 4 members (excludes halogenated alkanes) is 2. The van der Waals surface area contributed by atoms with E-state index in [1.54, 1.807) is 0 Å². The Balaban J connectivity index is 1.80. The van der Waals surface area contributed by atoms with Crippen LogP contribution in [0.15, 0.2) is 0 Å². The zero-order chi connectivity index (χ0) is 19.2. The van der Waals surface area contributed by atoms with Crippen LogP contribution in [-0.2, 0) is 19.1 Å². The second kappa shape index (κ2) is 9.00. The average molecular weight is 367 g/mol. The van der Waals surface area contributed by atoms with Crippen LogP contribution in [0.2, 0.25) is 0 Å². The third-order valence-corrected chi connectivity index (χ3v) is 5.26. The van der Waals surface area contributed by atoms with Crippen LogP contribution < -0.4 is 10.6 Å². The van der Waals surface area contributed by atoms with Crippen LogP contribution in [0.4, 0.5) is 4.79 Å². The summed E-state index contributed by atoms with van der Waals surface area (Å²) in [6.07, 6.45) is 6.30. The van der Waals surface area contributed by atoms with Crippen LogP contribution >= 0.6 is 0 Å². The molecular formula is C18H29N3O5. The normalized spacial score (nSPS) is 25.3. The molecule has 1 aliphatic heterocycles. The van der Waals surface area contributed by atoms with Crippen molar-refractivity contribution in [1.29, 1.82) is 0 Å². The van der Waals surface area contributed by atoms with E-state index >= 15 is 0 Å². The Morgan fingerprint density at radius 3 is 2.77 bits per heavy atom. The number of imide groups is 1. The van der Waals surface area contributed by atoms with Gasteiger partial charge in [-0.15, -0.1) is 0 Å². The van der Waals surface area contributed by atoms with Gasteiger partial charge in [-0.3, -0.25) is 19.3 Å². The molecule has 2 rings (SSSR count). The van der Waals surface area contributed by atoms with E-state index in [0.29, 0.717) is 13.0 Å². The summed E-state index contributed by atoms with van der Waals surface area (Å²) in [6, 6.07) is -0.565. The van der Waals surface area contributed by atoms with Crippen molar-refractivity contribution in [1.82, 2.24) is 15.5 Å². The van der Waals surface area contributed by atoms with Crippen molar-refractivity contribution < 1.29 is 23.9 Å². The van der Waals surface area contributed by atoms with Crippen LogP contribution in [0.1, 0.15) is 58.8 Å². The number of carbonyl (C=O) groups is 4. The number of esters is 1. The zero-order valence-electron chi connectivity index (χ0n) is 15.6. The molecule has 0 aromatic carbocycles. The monoisotopic (exact) mass is 367 g/mol. The van der Waals surface area contributed by atoms with E-state index in [-0.39, 0.29) is 17.7 Å². The van der Waals surface area contributed by atoms with Gasteiger partial charge in [0.15, 0.2) is 6.61 Å². The van der Waals surface area contributed by atoms with Gasteiger partial charge >= 0.3 is 12.0 Å². The molecule has 1 saturated carbocycles. The van der Waals surface area contributed by atoms with Crippen LogP contribution in [0, 0.1) is 5.92 Å². The number of carbonyl (C=O) groups excluding carboxylic acids is 4. The van der Waals surface area contributed by atoms with Gasteiger partial charge in [0.05, 0.1) is 0 Å². The molecule has 8 nitrogen and oxygen atoms in total.